The van der Waals surface area contributed by atoms with E-state index < -0.39 is 0 Å². The van der Waals surface area contributed by atoms with E-state index in [-0.39, 0.29) is 5.91 Å². The van der Waals surface area contributed by atoms with Crippen LogP contribution in [-0.4, -0.2) is 25.6 Å². The summed E-state index contributed by atoms with van der Waals surface area (Å²) in [4.78, 5) is 19.2. The summed E-state index contributed by atoms with van der Waals surface area (Å²) in [5.41, 5.74) is 7.60. The van der Waals surface area contributed by atoms with Crippen molar-refractivity contribution in [2.45, 2.75) is 19.7 Å². The number of aromatic nitrogens is 3. The molecule has 0 N–H and O–H groups in total. The smallest absolute Gasteiger partial charge is 0.258 e. The average molecular weight is 417 g/mol. The highest BCUT2D eigenvalue weighted by Gasteiger charge is 2.30. The van der Waals surface area contributed by atoms with Crippen molar-refractivity contribution < 1.29 is 9.53 Å². The van der Waals surface area contributed by atoms with Gasteiger partial charge >= 0.3 is 0 Å². The van der Waals surface area contributed by atoms with Crippen molar-refractivity contribution in [1.29, 1.82) is 0 Å². The lowest BCUT2D eigenvalue weighted by atomic mass is 10.1. The molecule has 1 amide bonds. The lowest BCUT2D eigenvalue weighted by Crippen LogP contribution is -2.23. The number of fused-ring (bicyclic) bond motifs is 1. The Morgan fingerprint density at radius 3 is 2.73 bits per heavy atom. The number of hydrogen-bond acceptors (Lipinski definition) is 5. The number of hydrogen-bond donors (Lipinski definition) is 0. The molecule has 0 saturated heterocycles. The van der Waals surface area contributed by atoms with Crippen molar-refractivity contribution in [1.82, 2.24) is 19.7 Å². The van der Waals surface area contributed by atoms with Crippen LogP contribution in [0.3, 0.4) is 0 Å². The quantitative estimate of drug-likeness (QED) is 0.471. The van der Waals surface area contributed by atoms with Crippen LogP contribution in [0.5, 0.6) is 5.75 Å². The van der Waals surface area contributed by atoms with Gasteiger partial charge in [0, 0.05) is 37.3 Å². The van der Waals surface area contributed by atoms with E-state index in [0.29, 0.717) is 31.0 Å². The number of ether oxygens (including phenoxy) is 1. The molecule has 2 aromatic carbocycles. The van der Waals surface area contributed by atoms with Gasteiger partial charge in [0.1, 0.15) is 12.4 Å². The van der Waals surface area contributed by atoms with Crippen molar-refractivity contribution in [3.63, 3.8) is 0 Å². The number of nitrogens with zero attached hydrogens (tertiary/aromatic N) is 4. The largest absolute Gasteiger partial charge is 0.486 e. The van der Waals surface area contributed by atoms with E-state index in [1.807, 2.05) is 47.9 Å². The molecule has 1 aliphatic rings. The fourth-order valence-corrected chi connectivity index (χ4v) is 4.23. The number of rotatable bonds is 6. The standard InChI is InChI=1S/C23H20N4O2S/c1-26-11-19(9-25-26)17-7-5-16(6-8-17)10-27-12-18-3-2-4-21(22(18)23(27)28)29-13-20-14-30-15-24-20/h2-9,11,14-15H,10,12-13H2,1H3. The molecule has 4 aromatic rings. The molecule has 3 heterocycles. The van der Waals surface area contributed by atoms with Crippen LogP contribution < -0.4 is 4.74 Å². The van der Waals surface area contributed by atoms with Gasteiger partial charge in [-0.2, -0.15) is 5.10 Å². The van der Waals surface area contributed by atoms with Crippen LogP contribution >= 0.6 is 11.3 Å². The summed E-state index contributed by atoms with van der Waals surface area (Å²) in [5.74, 6) is 0.634. The van der Waals surface area contributed by atoms with E-state index in [1.165, 1.54) is 11.3 Å². The van der Waals surface area contributed by atoms with E-state index in [4.69, 9.17) is 4.74 Å². The Labute approximate surface area is 178 Å². The highest BCUT2D eigenvalue weighted by atomic mass is 32.1. The molecule has 6 nitrogen and oxygen atoms in total. The normalized spacial score (nSPS) is 13.0. The second-order valence-electron chi connectivity index (χ2n) is 7.32. The summed E-state index contributed by atoms with van der Waals surface area (Å²) >= 11 is 1.53. The first kappa shape index (κ1) is 18.6. The Bertz CT molecular complexity index is 1180. The summed E-state index contributed by atoms with van der Waals surface area (Å²) in [6.07, 6.45) is 3.84. The number of aryl methyl sites for hydroxylation is 1. The van der Waals surface area contributed by atoms with Crippen molar-refractivity contribution >= 4 is 17.2 Å². The monoisotopic (exact) mass is 416 g/mol. The Hall–Kier alpha value is -3.45. The maximum atomic E-state index is 13.1. The van der Waals surface area contributed by atoms with Gasteiger partial charge in [-0.15, -0.1) is 11.3 Å². The third kappa shape index (κ3) is 3.59. The summed E-state index contributed by atoms with van der Waals surface area (Å²) in [5, 5.41) is 6.17. The van der Waals surface area contributed by atoms with Gasteiger partial charge in [0.2, 0.25) is 0 Å². The molecule has 0 aliphatic carbocycles. The van der Waals surface area contributed by atoms with Gasteiger partial charge in [0.25, 0.3) is 5.91 Å². The molecule has 0 saturated carbocycles. The Morgan fingerprint density at radius 1 is 1.13 bits per heavy atom. The van der Waals surface area contributed by atoms with Crippen LogP contribution in [0.1, 0.15) is 27.2 Å². The van der Waals surface area contributed by atoms with Crippen LogP contribution in [0.4, 0.5) is 0 Å². The number of carbonyl (C=O) groups excluding carboxylic acids is 1. The maximum absolute atomic E-state index is 13.1. The number of carbonyl (C=O) groups is 1. The summed E-state index contributed by atoms with van der Waals surface area (Å²) in [6, 6.07) is 14.1. The highest BCUT2D eigenvalue weighted by molar-refractivity contribution is 7.07. The number of benzene rings is 2. The summed E-state index contributed by atoms with van der Waals surface area (Å²) < 4.78 is 7.71. The second-order valence-corrected chi connectivity index (χ2v) is 8.04. The van der Waals surface area contributed by atoms with Crippen molar-refractivity contribution in [2.75, 3.05) is 0 Å². The summed E-state index contributed by atoms with van der Waals surface area (Å²) in [7, 11) is 1.91. The average Bonchev–Trinajstić information content (AvgIpc) is 3.49. The molecular formula is C23H20N4O2S. The zero-order valence-electron chi connectivity index (χ0n) is 16.5. The minimum Gasteiger partial charge on any atom is -0.486 e. The van der Waals surface area contributed by atoms with E-state index in [0.717, 1.165) is 27.9 Å². The topological polar surface area (TPSA) is 60.2 Å². The van der Waals surface area contributed by atoms with Crippen molar-refractivity contribution in [2.24, 2.45) is 7.05 Å². The molecule has 0 spiro atoms. The first-order chi connectivity index (χ1) is 14.7. The van der Waals surface area contributed by atoms with E-state index in [2.05, 4.69) is 34.3 Å². The molecule has 0 bridgehead atoms. The molecule has 0 atom stereocenters. The second kappa shape index (κ2) is 7.76. The van der Waals surface area contributed by atoms with Gasteiger partial charge in [-0.25, -0.2) is 4.98 Å². The van der Waals surface area contributed by atoms with Crippen LogP contribution in [0.25, 0.3) is 11.1 Å². The number of thiazole rings is 1. The Morgan fingerprint density at radius 2 is 2.00 bits per heavy atom. The molecule has 150 valence electrons. The molecule has 5 rings (SSSR count). The Kier molecular flexibility index (Phi) is 4.80. The zero-order chi connectivity index (χ0) is 20.5. The van der Waals surface area contributed by atoms with E-state index in [9.17, 15) is 4.79 Å². The van der Waals surface area contributed by atoms with Gasteiger partial charge in [0.15, 0.2) is 0 Å². The summed E-state index contributed by atoms with van der Waals surface area (Å²) in [6.45, 7) is 1.52. The lowest BCUT2D eigenvalue weighted by molar-refractivity contribution is 0.0763. The van der Waals surface area contributed by atoms with Gasteiger partial charge in [-0.3, -0.25) is 9.48 Å². The van der Waals surface area contributed by atoms with Crippen LogP contribution in [-0.2, 0) is 26.7 Å². The lowest BCUT2D eigenvalue weighted by Gasteiger charge is -2.16. The number of amides is 1. The minimum absolute atomic E-state index is 0.00946. The Balaban J connectivity index is 1.30. The fourth-order valence-electron chi connectivity index (χ4n) is 3.69. The van der Waals surface area contributed by atoms with E-state index in [1.54, 1.807) is 10.2 Å². The molecule has 0 fully saturated rings. The first-order valence-corrected chi connectivity index (χ1v) is 10.6. The van der Waals surface area contributed by atoms with Crippen LogP contribution in [0.2, 0.25) is 0 Å². The minimum atomic E-state index is 0.00946. The molecule has 1 aliphatic heterocycles. The predicted octanol–water partition coefficient (Wildman–Crippen LogP) is 4.28. The van der Waals surface area contributed by atoms with Crippen molar-refractivity contribution in [3.05, 3.63) is 88.1 Å². The molecule has 0 radical (unpaired) electrons. The van der Waals surface area contributed by atoms with Crippen molar-refractivity contribution in [3.8, 4) is 16.9 Å². The van der Waals surface area contributed by atoms with Crippen LogP contribution in [0.15, 0.2) is 65.7 Å². The molecular weight excluding hydrogens is 396 g/mol. The molecule has 0 unspecified atom stereocenters. The maximum Gasteiger partial charge on any atom is 0.258 e. The van der Waals surface area contributed by atoms with Crippen LogP contribution in [0, 0.1) is 0 Å². The SMILES string of the molecule is Cn1cc(-c2ccc(CN3Cc4cccc(OCc5cscn5)c4C3=O)cc2)cn1. The molecule has 2 aromatic heterocycles. The van der Waals surface area contributed by atoms with Gasteiger partial charge in [-0.1, -0.05) is 36.4 Å². The predicted molar refractivity (Wildman–Crippen MR) is 115 cm³/mol. The van der Waals surface area contributed by atoms with Gasteiger partial charge in [-0.05, 0) is 22.8 Å². The fraction of sp³-hybridized carbons (Fsp3) is 0.174. The van der Waals surface area contributed by atoms with Gasteiger partial charge in [0.05, 0.1) is 23.0 Å². The molecule has 30 heavy (non-hydrogen) atoms. The molecule has 7 heteroatoms. The van der Waals surface area contributed by atoms with Gasteiger partial charge < -0.3 is 9.64 Å². The highest BCUT2D eigenvalue weighted by Crippen LogP contribution is 2.32. The van der Waals surface area contributed by atoms with E-state index >= 15 is 0 Å². The first-order valence-electron chi connectivity index (χ1n) is 9.66. The third-order valence-corrected chi connectivity index (χ3v) is 5.83. The third-order valence-electron chi connectivity index (χ3n) is 5.20. The zero-order valence-corrected chi connectivity index (χ0v) is 17.3.